The predicted molar refractivity (Wildman–Crippen MR) is 87.2 cm³/mol. The number of aromatic nitrogens is 1. The van der Waals surface area contributed by atoms with Gasteiger partial charge in [-0.2, -0.15) is 0 Å². The van der Waals surface area contributed by atoms with E-state index >= 15 is 0 Å². The molecule has 1 N–H and O–H groups in total. The van der Waals surface area contributed by atoms with Crippen LogP contribution >= 0.6 is 0 Å². The Morgan fingerprint density at radius 3 is 2.62 bits per heavy atom. The van der Waals surface area contributed by atoms with E-state index in [2.05, 4.69) is 53.6 Å². The van der Waals surface area contributed by atoms with E-state index in [9.17, 15) is 0 Å². The quantitative estimate of drug-likeness (QED) is 0.894. The van der Waals surface area contributed by atoms with Crippen molar-refractivity contribution in [2.75, 3.05) is 0 Å². The first-order valence-electron chi connectivity index (χ1n) is 8.05. The van der Waals surface area contributed by atoms with Gasteiger partial charge in [0.25, 0.3) is 0 Å². The molecule has 1 fully saturated rings. The van der Waals surface area contributed by atoms with Gasteiger partial charge in [-0.15, -0.1) is 0 Å². The van der Waals surface area contributed by atoms with Crippen molar-refractivity contribution in [3.05, 3.63) is 66.0 Å². The van der Waals surface area contributed by atoms with Crippen LogP contribution in [0.25, 0.3) is 0 Å². The van der Waals surface area contributed by atoms with E-state index in [1.165, 1.54) is 36.8 Å². The molecule has 0 aliphatic heterocycles. The van der Waals surface area contributed by atoms with Gasteiger partial charge in [0.1, 0.15) is 0 Å². The van der Waals surface area contributed by atoms with Gasteiger partial charge in [-0.1, -0.05) is 49.2 Å². The maximum Gasteiger partial charge on any atom is 0.0315 e. The lowest BCUT2D eigenvalue weighted by atomic mass is 9.79. The molecule has 2 heteroatoms. The van der Waals surface area contributed by atoms with Crippen molar-refractivity contribution in [3.8, 4) is 0 Å². The van der Waals surface area contributed by atoms with Gasteiger partial charge in [0.2, 0.25) is 0 Å². The van der Waals surface area contributed by atoms with Crippen molar-refractivity contribution in [3.63, 3.8) is 0 Å². The summed E-state index contributed by atoms with van der Waals surface area (Å²) in [5.41, 5.74) is 2.75. The molecule has 1 aliphatic carbocycles. The van der Waals surface area contributed by atoms with Gasteiger partial charge in [0.05, 0.1) is 0 Å². The van der Waals surface area contributed by atoms with Crippen LogP contribution in [0.2, 0.25) is 0 Å². The fraction of sp³-hybridized carbons (Fsp3) is 0.421. The molecule has 0 saturated heterocycles. The normalized spacial score (nSPS) is 23.7. The third-order valence-corrected chi connectivity index (χ3v) is 4.64. The molecule has 21 heavy (non-hydrogen) atoms. The Balaban J connectivity index is 1.73. The van der Waals surface area contributed by atoms with E-state index in [0.717, 1.165) is 0 Å². The molecule has 0 spiro atoms. The van der Waals surface area contributed by atoms with E-state index in [4.69, 9.17) is 0 Å². The molecule has 1 aromatic heterocycles. The standard InChI is InChI=1S/C19H24N2/c1-15(17-10-7-13-20-14-17)21-19-12-6-5-11-18(19)16-8-3-2-4-9-16/h2-4,7-10,13-15,18-19,21H,5-6,11-12H2,1H3. The minimum atomic E-state index is 0.355. The molecule has 1 heterocycles. The Bertz CT molecular complexity index is 538. The fourth-order valence-electron chi connectivity index (χ4n) is 3.48. The van der Waals surface area contributed by atoms with Crippen LogP contribution in [-0.2, 0) is 0 Å². The lowest BCUT2D eigenvalue weighted by molar-refractivity contribution is 0.306. The number of benzene rings is 1. The molecule has 3 rings (SSSR count). The van der Waals surface area contributed by atoms with E-state index in [1.54, 1.807) is 0 Å². The summed E-state index contributed by atoms with van der Waals surface area (Å²) in [6, 6.07) is 16.1. The third-order valence-electron chi connectivity index (χ3n) is 4.64. The van der Waals surface area contributed by atoms with Crippen LogP contribution in [0.3, 0.4) is 0 Å². The molecule has 0 radical (unpaired) electrons. The zero-order chi connectivity index (χ0) is 14.5. The maximum atomic E-state index is 4.24. The number of hydrogen-bond donors (Lipinski definition) is 1. The van der Waals surface area contributed by atoms with Crippen LogP contribution in [-0.4, -0.2) is 11.0 Å². The first-order valence-corrected chi connectivity index (χ1v) is 8.05. The largest absolute Gasteiger partial charge is 0.307 e. The lowest BCUT2D eigenvalue weighted by Gasteiger charge is -2.35. The molecule has 0 amide bonds. The van der Waals surface area contributed by atoms with Gasteiger partial charge in [0.15, 0.2) is 0 Å². The molecule has 2 aromatic rings. The molecule has 1 aromatic carbocycles. The SMILES string of the molecule is CC(NC1CCCCC1c1ccccc1)c1cccnc1. The zero-order valence-electron chi connectivity index (χ0n) is 12.7. The third kappa shape index (κ3) is 3.51. The highest BCUT2D eigenvalue weighted by Crippen LogP contribution is 2.34. The molecule has 0 bridgehead atoms. The Morgan fingerprint density at radius 1 is 1.05 bits per heavy atom. The summed E-state index contributed by atoms with van der Waals surface area (Å²) >= 11 is 0. The zero-order valence-corrected chi connectivity index (χ0v) is 12.7. The molecular formula is C19H24N2. The monoisotopic (exact) mass is 280 g/mol. The van der Waals surface area contributed by atoms with E-state index in [1.807, 2.05) is 18.5 Å². The predicted octanol–water partition coefficient (Wildman–Crippen LogP) is 4.46. The average molecular weight is 280 g/mol. The molecule has 3 unspecified atom stereocenters. The summed E-state index contributed by atoms with van der Waals surface area (Å²) in [4.78, 5) is 4.24. The molecule has 2 nitrogen and oxygen atoms in total. The minimum Gasteiger partial charge on any atom is -0.307 e. The first kappa shape index (κ1) is 14.3. The molecule has 1 saturated carbocycles. The number of nitrogens with zero attached hydrogens (tertiary/aromatic N) is 1. The van der Waals surface area contributed by atoms with Crippen LogP contribution < -0.4 is 5.32 Å². The van der Waals surface area contributed by atoms with Gasteiger partial charge >= 0.3 is 0 Å². The van der Waals surface area contributed by atoms with Crippen molar-refractivity contribution in [1.82, 2.24) is 10.3 Å². The highest BCUT2D eigenvalue weighted by Gasteiger charge is 2.27. The van der Waals surface area contributed by atoms with Gasteiger partial charge < -0.3 is 5.32 Å². The van der Waals surface area contributed by atoms with Crippen molar-refractivity contribution >= 4 is 0 Å². The average Bonchev–Trinajstić information content (AvgIpc) is 2.57. The molecule has 1 aliphatic rings. The summed E-state index contributed by atoms with van der Waals surface area (Å²) in [6.07, 6.45) is 9.05. The highest BCUT2D eigenvalue weighted by atomic mass is 15.0. The van der Waals surface area contributed by atoms with Crippen molar-refractivity contribution in [2.45, 2.75) is 50.6 Å². The number of rotatable bonds is 4. The lowest BCUT2D eigenvalue weighted by Crippen LogP contribution is -2.38. The maximum absolute atomic E-state index is 4.24. The summed E-state index contributed by atoms with van der Waals surface area (Å²) in [5, 5.41) is 3.84. The second-order valence-electron chi connectivity index (χ2n) is 6.08. The Hall–Kier alpha value is -1.67. The van der Waals surface area contributed by atoms with E-state index in [0.29, 0.717) is 18.0 Å². The molecule has 110 valence electrons. The van der Waals surface area contributed by atoms with Crippen molar-refractivity contribution in [2.24, 2.45) is 0 Å². The van der Waals surface area contributed by atoms with Gasteiger partial charge in [-0.3, -0.25) is 4.98 Å². The topological polar surface area (TPSA) is 24.9 Å². The van der Waals surface area contributed by atoms with Gasteiger partial charge in [-0.05, 0) is 42.9 Å². The Kier molecular flexibility index (Phi) is 4.66. The number of nitrogens with one attached hydrogen (secondary N) is 1. The summed E-state index contributed by atoms with van der Waals surface area (Å²) in [5.74, 6) is 0.638. The van der Waals surface area contributed by atoms with Crippen LogP contribution in [0.15, 0.2) is 54.9 Å². The highest BCUT2D eigenvalue weighted by molar-refractivity contribution is 5.22. The van der Waals surface area contributed by atoms with Gasteiger partial charge in [0, 0.05) is 24.5 Å². The van der Waals surface area contributed by atoms with Crippen LogP contribution in [0.4, 0.5) is 0 Å². The van der Waals surface area contributed by atoms with Crippen molar-refractivity contribution < 1.29 is 0 Å². The van der Waals surface area contributed by atoms with E-state index < -0.39 is 0 Å². The first-order chi connectivity index (χ1) is 10.3. The fourth-order valence-corrected chi connectivity index (χ4v) is 3.48. The second-order valence-corrected chi connectivity index (χ2v) is 6.08. The number of pyridine rings is 1. The molecule has 3 atom stereocenters. The Morgan fingerprint density at radius 2 is 1.86 bits per heavy atom. The van der Waals surface area contributed by atoms with E-state index in [-0.39, 0.29) is 0 Å². The second kappa shape index (κ2) is 6.86. The summed E-state index contributed by atoms with van der Waals surface area (Å²) in [7, 11) is 0. The van der Waals surface area contributed by atoms with Crippen LogP contribution in [0.1, 0.15) is 55.7 Å². The van der Waals surface area contributed by atoms with Crippen molar-refractivity contribution in [1.29, 1.82) is 0 Å². The molecular weight excluding hydrogens is 256 g/mol. The Labute approximate surface area is 127 Å². The van der Waals surface area contributed by atoms with Gasteiger partial charge in [-0.25, -0.2) is 0 Å². The number of hydrogen-bond acceptors (Lipinski definition) is 2. The van der Waals surface area contributed by atoms with Crippen LogP contribution in [0, 0.1) is 0 Å². The van der Waals surface area contributed by atoms with Crippen LogP contribution in [0.5, 0.6) is 0 Å². The smallest absolute Gasteiger partial charge is 0.0315 e. The minimum absolute atomic E-state index is 0.355. The summed E-state index contributed by atoms with van der Waals surface area (Å²) < 4.78 is 0. The summed E-state index contributed by atoms with van der Waals surface area (Å²) in [6.45, 7) is 2.24.